The molecule has 1 heterocycles. The summed E-state index contributed by atoms with van der Waals surface area (Å²) in [5.74, 6) is -0.116. The van der Waals surface area contributed by atoms with Crippen molar-refractivity contribution in [2.75, 3.05) is 5.75 Å². The lowest BCUT2D eigenvalue weighted by molar-refractivity contribution is -0.129. The molecule has 114 valence electrons. The topological polar surface area (TPSA) is 43.6 Å². The van der Waals surface area contributed by atoms with Gasteiger partial charge in [-0.1, -0.05) is 48.2 Å². The number of halogens is 3. The molecule has 0 aliphatic heterocycles. The van der Waals surface area contributed by atoms with Crippen LogP contribution in [0.1, 0.15) is 6.42 Å². The number of nitrogens with zero attached hydrogens (tertiary/aromatic N) is 4. The van der Waals surface area contributed by atoms with E-state index in [0.29, 0.717) is 5.16 Å². The van der Waals surface area contributed by atoms with Crippen molar-refractivity contribution in [2.45, 2.75) is 17.8 Å². The molecule has 0 bridgehead atoms. The van der Waals surface area contributed by atoms with Crippen molar-refractivity contribution < 1.29 is 13.2 Å². The highest BCUT2D eigenvalue weighted by atomic mass is 32.2. The van der Waals surface area contributed by atoms with Crippen LogP contribution in [0, 0.1) is 0 Å². The lowest BCUT2D eigenvalue weighted by Crippen LogP contribution is -2.08. The average molecular weight is 324 g/mol. The quantitative estimate of drug-likeness (QED) is 0.684. The van der Waals surface area contributed by atoms with Crippen LogP contribution in [-0.2, 0) is 0 Å². The number of alkyl halides is 3. The zero-order valence-electron chi connectivity index (χ0n) is 11.3. The van der Waals surface area contributed by atoms with E-state index in [1.165, 1.54) is 4.68 Å². The minimum Gasteiger partial charge on any atom is -0.187 e. The van der Waals surface area contributed by atoms with Gasteiger partial charge in [-0.2, -0.15) is 17.9 Å². The number of hydrogen-bond donors (Lipinski definition) is 0. The molecule has 0 spiro atoms. The molecule has 0 saturated heterocycles. The van der Waals surface area contributed by atoms with Gasteiger partial charge in [-0.15, -0.1) is 5.10 Å². The van der Waals surface area contributed by atoms with Gasteiger partial charge in [-0.25, -0.2) is 0 Å². The first kappa shape index (κ1) is 14.8. The van der Waals surface area contributed by atoms with E-state index in [4.69, 9.17) is 0 Å². The van der Waals surface area contributed by atoms with Crippen LogP contribution in [-0.4, -0.2) is 32.1 Å². The van der Waals surface area contributed by atoms with Crippen molar-refractivity contribution in [3.63, 3.8) is 0 Å². The predicted molar refractivity (Wildman–Crippen MR) is 78.1 cm³/mol. The normalized spacial score (nSPS) is 12.0. The average Bonchev–Trinajstić information content (AvgIpc) is 2.93. The summed E-state index contributed by atoms with van der Waals surface area (Å²) in [6.45, 7) is 0. The Hall–Kier alpha value is -2.09. The second-order valence-electron chi connectivity index (χ2n) is 4.59. The van der Waals surface area contributed by atoms with E-state index in [2.05, 4.69) is 15.5 Å². The number of hydrogen-bond acceptors (Lipinski definition) is 4. The van der Waals surface area contributed by atoms with Gasteiger partial charge in [0.15, 0.2) is 0 Å². The van der Waals surface area contributed by atoms with Crippen molar-refractivity contribution >= 4 is 22.5 Å². The van der Waals surface area contributed by atoms with Crippen molar-refractivity contribution in [1.29, 1.82) is 0 Å². The second-order valence-corrected chi connectivity index (χ2v) is 5.65. The van der Waals surface area contributed by atoms with Crippen molar-refractivity contribution in [2.24, 2.45) is 0 Å². The largest absolute Gasteiger partial charge is 0.389 e. The van der Waals surface area contributed by atoms with E-state index < -0.39 is 12.6 Å². The maximum absolute atomic E-state index is 12.2. The Morgan fingerprint density at radius 2 is 1.82 bits per heavy atom. The Bertz CT molecular complexity index is 780. The smallest absolute Gasteiger partial charge is 0.187 e. The number of benzene rings is 2. The molecule has 0 aliphatic rings. The van der Waals surface area contributed by atoms with Crippen molar-refractivity contribution in [3.05, 3.63) is 42.5 Å². The van der Waals surface area contributed by atoms with Gasteiger partial charge in [-0.05, 0) is 21.9 Å². The van der Waals surface area contributed by atoms with E-state index in [9.17, 15) is 13.2 Å². The molecule has 0 atom stereocenters. The van der Waals surface area contributed by atoms with Crippen LogP contribution in [0.25, 0.3) is 16.5 Å². The van der Waals surface area contributed by atoms with Crippen LogP contribution in [0.4, 0.5) is 13.2 Å². The number of tetrazole rings is 1. The van der Waals surface area contributed by atoms with Gasteiger partial charge in [0.05, 0.1) is 12.1 Å². The first-order chi connectivity index (χ1) is 10.5. The Morgan fingerprint density at radius 3 is 2.64 bits per heavy atom. The monoisotopic (exact) mass is 324 g/mol. The lowest BCUT2D eigenvalue weighted by atomic mass is 10.1. The maximum atomic E-state index is 12.2. The summed E-state index contributed by atoms with van der Waals surface area (Å²) in [6, 6.07) is 13.4. The van der Waals surface area contributed by atoms with Gasteiger partial charge in [-0.3, -0.25) is 0 Å². The third kappa shape index (κ3) is 3.22. The number of aromatic nitrogens is 4. The van der Waals surface area contributed by atoms with Crippen LogP contribution in [0.15, 0.2) is 47.6 Å². The molecule has 3 aromatic rings. The second kappa shape index (κ2) is 5.96. The minimum atomic E-state index is -4.18. The maximum Gasteiger partial charge on any atom is 0.389 e. The molecule has 4 nitrogen and oxygen atoms in total. The number of thioether (sulfide) groups is 1. The molecule has 1 aromatic heterocycles. The van der Waals surface area contributed by atoms with Crippen LogP contribution in [0.5, 0.6) is 0 Å². The summed E-state index contributed by atoms with van der Waals surface area (Å²) in [5, 5.41) is 13.6. The minimum absolute atomic E-state index is 0.116. The fourth-order valence-electron chi connectivity index (χ4n) is 2.07. The number of rotatable bonds is 4. The summed E-state index contributed by atoms with van der Waals surface area (Å²) < 4.78 is 38.2. The van der Waals surface area contributed by atoms with Crippen LogP contribution in [0.2, 0.25) is 0 Å². The van der Waals surface area contributed by atoms with Gasteiger partial charge < -0.3 is 0 Å². The molecule has 0 amide bonds. The van der Waals surface area contributed by atoms with Gasteiger partial charge in [0.1, 0.15) is 0 Å². The SMILES string of the molecule is FC(F)(F)CCSc1nnnn1-c1cccc2ccccc12. The Labute approximate surface area is 128 Å². The molecule has 22 heavy (non-hydrogen) atoms. The van der Waals surface area contributed by atoms with E-state index in [-0.39, 0.29) is 5.75 Å². The zero-order valence-corrected chi connectivity index (χ0v) is 12.1. The summed E-state index contributed by atoms with van der Waals surface area (Å²) in [5.41, 5.74) is 0.748. The van der Waals surface area contributed by atoms with Crippen molar-refractivity contribution in [3.8, 4) is 5.69 Å². The Morgan fingerprint density at radius 1 is 1.05 bits per heavy atom. The fourth-order valence-corrected chi connectivity index (χ4v) is 2.94. The van der Waals surface area contributed by atoms with Gasteiger partial charge in [0.2, 0.25) is 5.16 Å². The van der Waals surface area contributed by atoms with E-state index >= 15 is 0 Å². The molecule has 0 unspecified atom stereocenters. The van der Waals surface area contributed by atoms with Crippen LogP contribution >= 0.6 is 11.8 Å². The van der Waals surface area contributed by atoms with Gasteiger partial charge in [0.25, 0.3) is 0 Å². The molecular formula is C14H11F3N4S. The zero-order chi connectivity index (χ0) is 15.6. The molecule has 2 aromatic carbocycles. The summed E-state index contributed by atoms with van der Waals surface area (Å²) in [6.07, 6.45) is -5.05. The van der Waals surface area contributed by atoms with E-state index in [1.807, 2.05) is 42.5 Å². The predicted octanol–water partition coefficient (Wildman–Crippen LogP) is 3.86. The molecular weight excluding hydrogens is 313 g/mol. The van der Waals surface area contributed by atoms with Crippen molar-refractivity contribution in [1.82, 2.24) is 20.2 Å². The Balaban J connectivity index is 1.91. The highest BCUT2D eigenvalue weighted by Gasteiger charge is 2.27. The highest BCUT2D eigenvalue weighted by Crippen LogP contribution is 2.28. The first-order valence-electron chi connectivity index (χ1n) is 6.51. The van der Waals surface area contributed by atoms with Crippen LogP contribution in [0.3, 0.4) is 0 Å². The third-order valence-electron chi connectivity index (χ3n) is 3.05. The summed E-state index contributed by atoms with van der Waals surface area (Å²) in [7, 11) is 0. The van der Waals surface area contributed by atoms with Gasteiger partial charge in [0, 0.05) is 11.1 Å². The number of fused-ring (bicyclic) bond motifs is 1. The summed E-state index contributed by atoms with van der Waals surface area (Å²) >= 11 is 0.991. The molecule has 0 saturated carbocycles. The Kier molecular flexibility index (Phi) is 4.02. The van der Waals surface area contributed by atoms with Gasteiger partial charge >= 0.3 is 6.18 Å². The third-order valence-corrected chi connectivity index (χ3v) is 3.97. The molecule has 8 heteroatoms. The molecule has 0 fully saturated rings. The standard InChI is InChI=1S/C14H11F3N4S/c15-14(16,17)8-9-22-13-18-19-20-21(13)12-7-3-5-10-4-1-2-6-11(10)12/h1-7H,8-9H2. The molecule has 0 N–H and O–H groups in total. The fraction of sp³-hybridized carbons (Fsp3) is 0.214. The van der Waals surface area contributed by atoms with E-state index in [0.717, 1.165) is 28.2 Å². The summed E-state index contributed by atoms with van der Waals surface area (Å²) in [4.78, 5) is 0. The first-order valence-corrected chi connectivity index (χ1v) is 7.49. The highest BCUT2D eigenvalue weighted by molar-refractivity contribution is 7.99. The molecule has 0 aliphatic carbocycles. The van der Waals surface area contributed by atoms with E-state index in [1.54, 1.807) is 0 Å². The lowest BCUT2D eigenvalue weighted by Gasteiger charge is -2.08. The molecule has 3 rings (SSSR count). The molecule has 0 radical (unpaired) electrons. The van der Waals surface area contributed by atoms with Crippen LogP contribution < -0.4 is 0 Å².